The molecule has 14 heteroatoms. The van der Waals surface area contributed by atoms with E-state index in [1.807, 2.05) is 24.4 Å². The van der Waals surface area contributed by atoms with Crippen molar-refractivity contribution < 1.29 is 38.5 Å². The molecule has 0 radical (unpaired) electrons. The number of nitrogens with one attached hydrogen (secondary N) is 1. The molecule has 1 unspecified atom stereocenters. The summed E-state index contributed by atoms with van der Waals surface area (Å²) in [5, 5.41) is 23.1. The van der Waals surface area contributed by atoms with Crippen LogP contribution in [0, 0.1) is 6.92 Å². The van der Waals surface area contributed by atoms with Crippen LogP contribution in [0.25, 0.3) is 22.2 Å². The molecule has 5 aliphatic rings. The first-order valence-corrected chi connectivity index (χ1v) is 18.2. The normalized spacial score (nSPS) is 27.6. The number of allylic oxidation sites excluding steroid dienone is 1. The number of rotatable bonds is 6. The molecule has 5 aliphatic heterocycles. The standard InChI is InChI=1S/C40H40N6O8/c1-19-10-27(48)33-28(51-19)15-29-35(36(33)49)34-26(47)6-8-40(38(50)52-37(34)39(2,3)53-29)30(54-40)5-4-20-11-24(45-31(41)12-20)22-13-23(44-32(42)14-22)17-46-16-21-7-9-43-25(21)18-46/h7,9-15,18,26,30,34,37,47,49H,4-6,8,16-17H2,1-3H3,(H2,41,45)(H2,42,44)/p+1/t26-,30-,34-,37-,40+/m1/s1. The van der Waals surface area contributed by atoms with Crippen LogP contribution in [0.3, 0.4) is 0 Å². The van der Waals surface area contributed by atoms with E-state index in [1.165, 1.54) is 16.5 Å². The number of quaternary nitrogens is 1. The number of carbonyl (C=O) groups excluding carboxylic acids is 1. The number of nitrogens with two attached hydrogens (primary N) is 2. The SMILES string of the molecule is Cc1cc(=O)c2c(O)c3c(cc2o1)OC(C)(C)[C@@H]1OC(=O)[C@@]2(CC[C@@H](O)[C@H]31)O[C@@H]2CCc1cc(N)nc(-c2cc(N)nc(C[NH+]3C=C4N=CC=C4C3)c2)c1. The zero-order valence-corrected chi connectivity index (χ0v) is 30.1. The van der Waals surface area contributed by atoms with Crippen LogP contribution in [-0.2, 0) is 27.2 Å². The van der Waals surface area contributed by atoms with Crippen molar-refractivity contribution in [3.63, 3.8) is 0 Å². The molecule has 6 atom stereocenters. The van der Waals surface area contributed by atoms with Gasteiger partial charge >= 0.3 is 5.97 Å². The molecule has 2 saturated heterocycles. The van der Waals surface area contributed by atoms with Crippen molar-refractivity contribution in [2.45, 2.75) is 88.4 Å². The lowest BCUT2D eigenvalue weighted by Gasteiger charge is -2.47. The summed E-state index contributed by atoms with van der Waals surface area (Å²) >= 11 is 0. The highest BCUT2D eigenvalue weighted by Crippen LogP contribution is 2.54. The summed E-state index contributed by atoms with van der Waals surface area (Å²) in [5.74, 6) is -0.398. The number of hydrogen-bond donors (Lipinski definition) is 5. The number of fused-ring (bicyclic) bond motifs is 5. The molecule has 54 heavy (non-hydrogen) atoms. The molecule has 1 aromatic carbocycles. The Morgan fingerprint density at radius 1 is 1.06 bits per heavy atom. The zero-order valence-electron chi connectivity index (χ0n) is 30.1. The van der Waals surface area contributed by atoms with Crippen LogP contribution >= 0.6 is 0 Å². The van der Waals surface area contributed by atoms with Gasteiger partial charge in [-0.2, -0.15) is 0 Å². The lowest BCUT2D eigenvalue weighted by molar-refractivity contribution is -0.852. The third-order valence-corrected chi connectivity index (χ3v) is 11.2. The van der Waals surface area contributed by atoms with Crippen molar-refractivity contribution in [1.82, 2.24) is 9.97 Å². The molecule has 1 spiro atoms. The molecule has 278 valence electrons. The molecular weight excluding hydrogens is 692 g/mol. The summed E-state index contributed by atoms with van der Waals surface area (Å²) in [4.78, 5) is 41.7. The number of esters is 1. The second kappa shape index (κ2) is 12.2. The molecular formula is C40H41N6O8+. The highest BCUT2D eigenvalue weighted by atomic mass is 16.7. The van der Waals surface area contributed by atoms with E-state index in [1.54, 1.807) is 39.0 Å². The number of phenolic OH excluding ortho intramolecular Hbond substituents is 1. The van der Waals surface area contributed by atoms with Gasteiger partial charge in [-0.3, -0.25) is 14.7 Å². The molecule has 4 aromatic rings. The van der Waals surface area contributed by atoms with Gasteiger partial charge in [-0.25, -0.2) is 14.8 Å². The number of aliphatic hydroxyl groups excluding tert-OH is 1. The van der Waals surface area contributed by atoms with Gasteiger partial charge in [-0.15, -0.1) is 0 Å². The number of phenols is 1. The highest BCUT2D eigenvalue weighted by Gasteiger charge is 2.66. The van der Waals surface area contributed by atoms with Gasteiger partial charge in [0.15, 0.2) is 17.1 Å². The van der Waals surface area contributed by atoms with Gasteiger partial charge in [0.05, 0.1) is 29.5 Å². The fraction of sp³-hybridized carbons (Fsp3) is 0.375. The number of ether oxygens (including phenoxy) is 3. The Kier molecular flexibility index (Phi) is 7.75. The molecule has 0 bridgehead atoms. The summed E-state index contributed by atoms with van der Waals surface area (Å²) in [5.41, 5.74) is 15.6. The van der Waals surface area contributed by atoms with Crippen LogP contribution in [-0.4, -0.2) is 68.4 Å². The maximum atomic E-state index is 14.0. The Labute approximate surface area is 309 Å². The summed E-state index contributed by atoms with van der Waals surface area (Å²) in [6.45, 7) is 6.64. The molecule has 9 rings (SSSR count). The van der Waals surface area contributed by atoms with E-state index >= 15 is 0 Å². The number of nitrogen functional groups attached to an aromatic ring is 2. The van der Waals surface area contributed by atoms with Crippen molar-refractivity contribution >= 4 is 34.8 Å². The minimum atomic E-state index is -1.24. The monoisotopic (exact) mass is 733 g/mol. The molecule has 0 aliphatic carbocycles. The van der Waals surface area contributed by atoms with Crippen LogP contribution in [0.2, 0.25) is 0 Å². The van der Waals surface area contributed by atoms with E-state index in [9.17, 15) is 19.8 Å². The van der Waals surface area contributed by atoms with E-state index in [4.69, 9.17) is 30.1 Å². The number of aliphatic hydroxyl groups is 1. The third-order valence-electron chi connectivity index (χ3n) is 11.2. The summed E-state index contributed by atoms with van der Waals surface area (Å²) in [7, 11) is 0. The highest BCUT2D eigenvalue weighted by molar-refractivity contribution is 5.88. The van der Waals surface area contributed by atoms with Crippen LogP contribution in [0.1, 0.15) is 61.6 Å². The molecule has 0 saturated carbocycles. The quantitative estimate of drug-likeness (QED) is 0.143. The summed E-state index contributed by atoms with van der Waals surface area (Å²) < 4.78 is 24.3. The number of aliphatic imine (C=N–C) groups is 1. The Balaban J connectivity index is 0.925. The van der Waals surface area contributed by atoms with Crippen molar-refractivity contribution in [2.24, 2.45) is 4.99 Å². The zero-order chi connectivity index (χ0) is 37.7. The summed E-state index contributed by atoms with van der Waals surface area (Å²) in [6, 6.07) is 10.4. The number of benzene rings is 1. The minimum Gasteiger partial charge on any atom is -0.507 e. The topological polar surface area (TPSA) is 213 Å². The first kappa shape index (κ1) is 34.2. The number of carbonyl (C=O) groups is 1. The lowest BCUT2D eigenvalue weighted by atomic mass is 9.74. The molecule has 14 nitrogen and oxygen atoms in total. The van der Waals surface area contributed by atoms with Gasteiger partial charge in [0.2, 0.25) is 0 Å². The van der Waals surface area contributed by atoms with Crippen LogP contribution in [0.4, 0.5) is 11.6 Å². The smallest absolute Gasteiger partial charge is 0.341 e. The maximum absolute atomic E-state index is 14.0. The van der Waals surface area contributed by atoms with Gasteiger partial charge in [0, 0.05) is 35.0 Å². The van der Waals surface area contributed by atoms with E-state index in [0.29, 0.717) is 42.5 Å². The largest absolute Gasteiger partial charge is 0.507 e. The lowest BCUT2D eigenvalue weighted by Crippen LogP contribution is -3.04. The number of pyridine rings is 2. The molecule has 3 aromatic heterocycles. The van der Waals surface area contributed by atoms with Gasteiger partial charge in [0.25, 0.3) is 0 Å². The predicted molar refractivity (Wildman–Crippen MR) is 198 cm³/mol. The number of aromatic nitrogens is 2. The number of anilines is 2. The summed E-state index contributed by atoms with van der Waals surface area (Å²) in [6.07, 6.45) is 4.85. The molecule has 8 heterocycles. The number of epoxide rings is 1. The number of hydrogen-bond acceptors (Lipinski definition) is 13. The molecule has 2 fully saturated rings. The van der Waals surface area contributed by atoms with Crippen molar-refractivity contribution in [2.75, 3.05) is 18.0 Å². The number of aromatic hydroxyl groups is 1. The number of aryl methyl sites for hydroxylation is 2. The Morgan fingerprint density at radius 2 is 1.87 bits per heavy atom. The molecule has 7 N–H and O–H groups in total. The second-order valence-electron chi connectivity index (χ2n) is 15.5. The number of nitrogens with zero attached hydrogens (tertiary/aromatic N) is 3. The minimum absolute atomic E-state index is 0.0201. The van der Waals surface area contributed by atoms with E-state index in [0.717, 1.165) is 29.1 Å². The first-order valence-electron chi connectivity index (χ1n) is 18.2. The van der Waals surface area contributed by atoms with E-state index in [-0.39, 0.29) is 40.9 Å². The van der Waals surface area contributed by atoms with Crippen LogP contribution < -0.4 is 26.5 Å². The van der Waals surface area contributed by atoms with E-state index in [2.05, 4.69) is 21.2 Å². The fourth-order valence-electron chi connectivity index (χ4n) is 8.67. The Bertz CT molecular complexity index is 2420. The third kappa shape index (κ3) is 5.72. The van der Waals surface area contributed by atoms with Crippen molar-refractivity contribution in [3.8, 4) is 22.8 Å². The average molecular weight is 734 g/mol. The average Bonchev–Trinajstić information content (AvgIpc) is 3.43. The van der Waals surface area contributed by atoms with Crippen LogP contribution in [0.5, 0.6) is 11.5 Å². The van der Waals surface area contributed by atoms with Crippen molar-refractivity contribution in [1.29, 1.82) is 0 Å². The first-order chi connectivity index (χ1) is 25.8. The van der Waals surface area contributed by atoms with Crippen molar-refractivity contribution in [3.05, 3.63) is 92.7 Å². The Morgan fingerprint density at radius 3 is 2.69 bits per heavy atom. The van der Waals surface area contributed by atoms with Crippen LogP contribution in [0.15, 0.2) is 74.1 Å². The van der Waals surface area contributed by atoms with E-state index < -0.39 is 46.8 Å². The second-order valence-corrected chi connectivity index (χ2v) is 15.5. The van der Waals surface area contributed by atoms with Gasteiger partial charge in [-0.05, 0) is 82.4 Å². The predicted octanol–water partition coefficient (Wildman–Crippen LogP) is 2.77. The van der Waals surface area contributed by atoms with Gasteiger partial charge in [-0.1, -0.05) is 0 Å². The Hall–Kier alpha value is -5.57. The maximum Gasteiger partial charge on any atom is 0.341 e. The fourth-order valence-corrected chi connectivity index (χ4v) is 8.67. The van der Waals surface area contributed by atoms with Gasteiger partial charge < -0.3 is 40.3 Å². The van der Waals surface area contributed by atoms with Gasteiger partial charge in [0.1, 0.15) is 70.5 Å². The molecule has 0 amide bonds.